The zero-order valence-corrected chi connectivity index (χ0v) is 15.5. The van der Waals surface area contributed by atoms with Crippen LogP contribution >= 0.6 is 23.8 Å². The normalized spacial score (nSPS) is 10.5. The summed E-state index contributed by atoms with van der Waals surface area (Å²) in [6.07, 6.45) is 0.727. The van der Waals surface area contributed by atoms with E-state index < -0.39 is 5.91 Å². The standard InChI is InChI=1S/C15H20ClN5O3S/c1-3-13-19-20-15(25)21(13)18-7-9-5-10(16)14(24-8-12(17)22)11(6-9)23-4-2/h5-6,18H,3-4,7-8H2,1-2H3,(H2,17,22)(H,20,25). The highest BCUT2D eigenvalue weighted by molar-refractivity contribution is 7.71. The van der Waals surface area contributed by atoms with Crippen molar-refractivity contribution in [3.8, 4) is 11.5 Å². The summed E-state index contributed by atoms with van der Waals surface area (Å²) in [5, 5.41) is 7.21. The Bertz CT molecular complexity index is 805. The molecule has 1 aromatic carbocycles. The molecule has 0 saturated carbocycles. The van der Waals surface area contributed by atoms with Gasteiger partial charge in [-0.25, -0.2) is 4.68 Å². The molecule has 2 aromatic rings. The third-order valence-electron chi connectivity index (χ3n) is 3.23. The molecule has 0 radical (unpaired) electrons. The van der Waals surface area contributed by atoms with Gasteiger partial charge in [-0.1, -0.05) is 18.5 Å². The van der Waals surface area contributed by atoms with Crippen LogP contribution in [0.25, 0.3) is 0 Å². The average Bonchev–Trinajstić information content (AvgIpc) is 2.92. The minimum atomic E-state index is -0.592. The topological polar surface area (TPSA) is 107 Å². The fraction of sp³-hybridized carbons (Fsp3) is 0.400. The number of ether oxygens (including phenoxy) is 2. The number of carbonyl (C=O) groups excluding carboxylic acids is 1. The zero-order valence-electron chi connectivity index (χ0n) is 14.0. The molecule has 0 atom stereocenters. The number of H-pyrrole nitrogens is 1. The third-order valence-corrected chi connectivity index (χ3v) is 3.78. The molecule has 1 aromatic heterocycles. The molecule has 0 unspecified atom stereocenters. The van der Waals surface area contributed by atoms with Gasteiger partial charge >= 0.3 is 0 Å². The lowest BCUT2D eigenvalue weighted by atomic mass is 10.2. The second-order valence-corrected chi connectivity index (χ2v) is 5.86. The molecule has 0 saturated heterocycles. The fourth-order valence-corrected chi connectivity index (χ4v) is 2.67. The van der Waals surface area contributed by atoms with Crippen LogP contribution in [-0.2, 0) is 17.8 Å². The van der Waals surface area contributed by atoms with Crippen LogP contribution in [0.15, 0.2) is 12.1 Å². The molecular formula is C15H20ClN5O3S. The van der Waals surface area contributed by atoms with Gasteiger partial charge in [0.25, 0.3) is 5.91 Å². The summed E-state index contributed by atoms with van der Waals surface area (Å²) in [4.78, 5) is 10.9. The molecule has 1 amide bonds. The van der Waals surface area contributed by atoms with Gasteiger partial charge in [-0.05, 0) is 36.8 Å². The Morgan fingerprint density at radius 1 is 1.44 bits per heavy atom. The molecule has 0 aliphatic carbocycles. The van der Waals surface area contributed by atoms with Crippen LogP contribution in [-0.4, -0.2) is 34.0 Å². The highest BCUT2D eigenvalue weighted by Gasteiger charge is 2.14. The lowest BCUT2D eigenvalue weighted by molar-refractivity contribution is -0.119. The predicted molar refractivity (Wildman–Crippen MR) is 97.2 cm³/mol. The van der Waals surface area contributed by atoms with Crippen LogP contribution in [0.3, 0.4) is 0 Å². The van der Waals surface area contributed by atoms with Gasteiger partial charge in [0.15, 0.2) is 23.9 Å². The van der Waals surface area contributed by atoms with E-state index in [1.165, 1.54) is 0 Å². The highest BCUT2D eigenvalue weighted by atomic mass is 35.5. The van der Waals surface area contributed by atoms with Crippen molar-refractivity contribution >= 4 is 29.7 Å². The van der Waals surface area contributed by atoms with E-state index in [9.17, 15) is 4.79 Å². The van der Waals surface area contributed by atoms with Crippen LogP contribution < -0.4 is 20.6 Å². The van der Waals surface area contributed by atoms with Crippen LogP contribution in [0.4, 0.5) is 0 Å². The lowest BCUT2D eigenvalue weighted by Gasteiger charge is -2.15. The van der Waals surface area contributed by atoms with Crippen molar-refractivity contribution in [2.24, 2.45) is 5.73 Å². The number of aryl methyl sites for hydroxylation is 1. The molecule has 4 N–H and O–H groups in total. The van der Waals surface area contributed by atoms with E-state index in [0.717, 1.165) is 17.8 Å². The maximum absolute atomic E-state index is 10.9. The van der Waals surface area contributed by atoms with Crippen molar-refractivity contribution in [2.45, 2.75) is 26.8 Å². The number of carbonyl (C=O) groups is 1. The molecule has 0 aliphatic heterocycles. The van der Waals surface area contributed by atoms with E-state index in [1.807, 2.05) is 13.8 Å². The molecule has 0 bridgehead atoms. The van der Waals surface area contributed by atoms with Gasteiger partial charge < -0.3 is 20.6 Å². The summed E-state index contributed by atoms with van der Waals surface area (Å²) in [5.41, 5.74) is 9.14. The summed E-state index contributed by atoms with van der Waals surface area (Å²) < 4.78 is 13.1. The minimum Gasteiger partial charge on any atom is -0.490 e. The Balaban J connectivity index is 2.22. The first kappa shape index (κ1) is 19.1. The molecule has 8 nitrogen and oxygen atoms in total. The first-order valence-electron chi connectivity index (χ1n) is 7.72. The van der Waals surface area contributed by atoms with E-state index in [1.54, 1.807) is 16.8 Å². The fourth-order valence-electron chi connectivity index (χ4n) is 2.17. The van der Waals surface area contributed by atoms with Crippen LogP contribution in [0.1, 0.15) is 25.2 Å². The Labute approximate surface area is 155 Å². The Kier molecular flexibility index (Phi) is 6.65. The maximum Gasteiger partial charge on any atom is 0.255 e. The number of hydrogen-bond acceptors (Lipinski definition) is 6. The Morgan fingerprint density at radius 2 is 2.20 bits per heavy atom. The Hall–Kier alpha value is -2.26. The van der Waals surface area contributed by atoms with Crippen molar-refractivity contribution in [3.05, 3.63) is 33.3 Å². The van der Waals surface area contributed by atoms with Crippen molar-refractivity contribution in [1.29, 1.82) is 0 Å². The molecule has 0 aliphatic rings. The summed E-state index contributed by atoms with van der Waals surface area (Å²) >= 11 is 11.5. The van der Waals surface area contributed by atoms with Crippen LogP contribution in [0.2, 0.25) is 5.02 Å². The minimum absolute atomic E-state index is 0.276. The predicted octanol–water partition coefficient (Wildman–Crippen LogP) is 2.16. The molecule has 136 valence electrons. The number of nitrogens with zero attached hydrogens (tertiary/aromatic N) is 2. The van der Waals surface area contributed by atoms with Gasteiger partial charge in [0.1, 0.15) is 0 Å². The third kappa shape index (κ3) is 4.86. The van der Waals surface area contributed by atoms with Gasteiger partial charge in [-0.15, -0.1) is 0 Å². The summed E-state index contributed by atoms with van der Waals surface area (Å²) in [7, 11) is 0. The number of aromatic amines is 1. The Morgan fingerprint density at radius 3 is 2.84 bits per heavy atom. The largest absolute Gasteiger partial charge is 0.490 e. The second kappa shape index (κ2) is 8.72. The van der Waals surface area contributed by atoms with Crippen molar-refractivity contribution in [3.63, 3.8) is 0 Å². The van der Waals surface area contributed by atoms with E-state index in [0.29, 0.717) is 34.4 Å². The number of primary amides is 1. The average molecular weight is 386 g/mol. The number of rotatable bonds is 9. The SMILES string of the molecule is CCOc1cc(CNn2c(CC)n[nH]c2=S)cc(Cl)c1OCC(N)=O. The molecule has 10 heteroatoms. The van der Waals surface area contributed by atoms with E-state index in [-0.39, 0.29) is 6.61 Å². The number of benzene rings is 1. The first-order chi connectivity index (χ1) is 12.0. The van der Waals surface area contributed by atoms with E-state index >= 15 is 0 Å². The quantitative estimate of drug-likeness (QED) is 0.571. The summed E-state index contributed by atoms with van der Waals surface area (Å²) in [5.74, 6) is 0.938. The van der Waals surface area contributed by atoms with Gasteiger partial charge in [0.05, 0.1) is 18.2 Å². The van der Waals surface area contributed by atoms with Gasteiger partial charge in [0.2, 0.25) is 4.77 Å². The zero-order chi connectivity index (χ0) is 18.4. The van der Waals surface area contributed by atoms with Crippen LogP contribution in [0.5, 0.6) is 11.5 Å². The first-order valence-corrected chi connectivity index (χ1v) is 8.51. The number of nitrogens with one attached hydrogen (secondary N) is 2. The van der Waals surface area contributed by atoms with Crippen molar-refractivity contribution in [2.75, 3.05) is 18.6 Å². The maximum atomic E-state index is 10.9. The molecule has 0 fully saturated rings. The molecule has 1 heterocycles. The van der Waals surface area contributed by atoms with Gasteiger partial charge in [-0.2, -0.15) is 5.10 Å². The summed E-state index contributed by atoms with van der Waals surface area (Å²) in [6.45, 7) is 4.41. The lowest BCUT2D eigenvalue weighted by Crippen LogP contribution is -2.20. The molecule has 0 spiro atoms. The molecular weight excluding hydrogens is 366 g/mol. The second-order valence-electron chi connectivity index (χ2n) is 5.06. The number of nitrogens with two attached hydrogens (primary N) is 1. The summed E-state index contributed by atoms with van der Waals surface area (Å²) in [6, 6.07) is 3.51. The van der Waals surface area contributed by atoms with Gasteiger partial charge in [0, 0.05) is 6.42 Å². The number of amides is 1. The van der Waals surface area contributed by atoms with Gasteiger partial charge in [-0.3, -0.25) is 9.89 Å². The highest BCUT2D eigenvalue weighted by Crippen LogP contribution is 2.36. The molecule has 2 rings (SSSR count). The van der Waals surface area contributed by atoms with E-state index in [2.05, 4.69) is 15.6 Å². The van der Waals surface area contributed by atoms with E-state index in [4.69, 9.17) is 39.0 Å². The van der Waals surface area contributed by atoms with Crippen molar-refractivity contribution < 1.29 is 14.3 Å². The monoisotopic (exact) mass is 385 g/mol. The number of aromatic nitrogens is 3. The van der Waals surface area contributed by atoms with Crippen LogP contribution in [0, 0.1) is 4.77 Å². The van der Waals surface area contributed by atoms with Crippen molar-refractivity contribution in [1.82, 2.24) is 14.9 Å². The molecule has 25 heavy (non-hydrogen) atoms. The smallest absolute Gasteiger partial charge is 0.255 e. The number of halogens is 1. The number of hydrogen-bond donors (Lipinski definition) is 3.